The van der Waals surface area contributed by atoms with Crippen LogP contribution in [0.4, 0.5) is 5.69 Å². The van der Waals surface area contributed by atoms with Crippen LogP contribution in [0.2, 0.25) is 0 Å². The topological polar surface area (TPSA) is 91.9 Å². The number of hydrogen-bond donors (Lipinski definition) is 2. The van der Waals surface area contributed by atoms with Crippen LogP contribution >= 0.6 is 0 Å². The molecule has 112 valence electrons. The predicted molar refractivity (Wildman–Crippen MR) is 83.6 cm³/mol. The third-order valence-corrected chi connectivity index (χ3v) is 4.35. The number of carbonyl (C=O) groups excluding carboxylic acids is 1. The Bertz CT molecular complexity index is 944. The molecule has 3 aromatic rings. The second-order valence-corrected chi connectivity index (χ2v) is 6.90. The van der Waals surface area contributed by atoms with Crippen LogP contribution in [-0.4, -0.2) is 30.5 Å². The van der Waals surface area contributed by atoms with E-state index in [1.807, 2.05) is 0 Å². The first-order valence-electron chi connectivity index (χ1n) is 6.48. The van der Waals surface area contributed by atoms with Gasteiger partial charge in [-0.3, -0.25) is 4.79 Å². The quantitative estimate of drug-likeness (QED) is 0.775. The van der Waals surface area contributed by atoms with E-state index in [0.717, 1.165) is 17.3 Å². The maximum absolute atomic E-state index is 12.2. The molecule has 6 nitrogen and oxygen atoms in total. The van der Waals surface area contributed by atoms with Crippen LogP contribution < -0.4 is 5.32 Å². The van der Waals surface area contributed by atoms with E-state index in [-0.39, 0.29) is 10.8 Å². The van der Waals surface area contributed by atoms with E-state index in [1.54, 1.807) is 36.7 Å². The van der Waals surface area contributed by atoms with E-state index >= 15 is 0 Å². The fourth-order valence-electron chi connectivity index (χ4n) is 2.07. The van der Waals surface area contributed by atoms with Crippen LogP contribution in [0, 0.1) is 0 Å². The van der Waals surface area contributed by atoms with Gasteiger partial charge in [0.1, 0.15) is 0 Å². The highest BCUT2D eigenvalue weighted by Crippen LogP contribution is 2.16. The molecular formula is C15H13N3O3S. The summed E-state index contributed by atoms with van der Waals surface area (Å²) in [5.74, 6) is -0.274. The molecule has 1 amide bonds. The normalized spacial score (nSPS) is 11.5. The first-order chi connectivity index (χ1) is 10.4. The lowest BCUT2D eigenvalue weighted by Crippen LogP contribution is -2.11. The summed E-state index contributed by atoms with van der Waals surface area (Å²) in [5.41, 5.74) is 2.58. The van der Waals surface area contributed by atoms with Crippen molar-refractivity contribution in [2.75, 3.05) is 11.6 Å². The van der Waals surface area contributed by atoms with Gasteiger partial charge in [-0.1, -0.05) is 0 Å². The van der Waals surface area contributed by atoms with E-state index in [4.69, 9.17) is 0 Å². The Morgan fingerprint density at radius 3 is 2.55 bits per heavy atom. The van der Waals surface area contributed by atoms with Gasteiger partial charge in [-0.2, -0.15) is 0 Å². The number of rotatable bonds is 3. The molecule has 22 heavy (non-hydrogen) atoms. The van der Waals surface area contributed by atoms with Gasteiger partial charge in [-0.15, -0.1) is 0 Å². The lowest BCUT2D eigenvalue weighted by atomic mass is 10.2. The lowest BCUT2D eigenvalue weighted by Gasteiger charge is -2.06. The number of H-pyrrole nitrogens is 1. The zero-order valence-electron chi connectivity index (χ0n) is 11.7. The molecule has 0 fully saturated rings. The summed E-state index contributed by atoms with van der Waals surface area (Å²) >= 11 is 0. The first kappa shape index (κ1) is 14.3. The Morgan fingerprint density at radius 2 is 1.86 bits per heavy atom. The molecule has 2 aromatic carbocycles. The Balaban J connectivity index is 1.81. The maximum atomic E-state index is 12.2. The summed E-state index contributed by atoms with van der Waals surface area (Å²) in [6.07, 6.45) is 2.70. The third kappa shape index (κ3) is 2.84. The van der Waals surface area contributed by atoms with Crippen LogP contribution in [0.3, 0.4) is 0 Å². The summed E-state index contributed by atoms with van der Waals surface area (Å²) in [4.78, 5) is 19.4. The van der Waals surface area contributed by atoms with Crippen molar-refractivity contribution in [2.24, 2.45) is 0 Å². The molecule has 2 N–H and O–H groups in total. The molecule has 0 spiro atoms. The van der Waals surface area contributed by atoms with Crippen LogP contribution in [0.1, 0.15) is 10.4 Å². The number of hydrogen-bond acceptors (Lipinski definition) is 4. The molecule has 1 aromatic heterocycles. The largest absolute Gasteiger partial charge is 0.345 e. The fraction of sp³-hybridized carbons (Fsp3) is 0.0667. The zero-order valence-corrected chi connectivity index (χ0v) is 12.5. The number of sulfone groups is 1. The van der Waals surface area contributed by atoms with E-state index in [2.05, 4.69) is 15.3 Å². The van der Waals surface area contributed by atoms with Crippen molar-refractivity contribution < 1.29 is 13.2 Å². The number of aromatic nitrogens is 2. The van der Waals surface area contributed by atoms with Crippen molar-refractivity contribution in [3.8, 4) is 0 Å². The zero-order chi connectivity index (χ0) is 15.7. The Morgan fingerprint density at radius 1 is 1.14 bits per heavy atom. The smallest absolute Gasteiger partial charge is 0.255 e. The van der Waals surface area contributed by atoms with Gasteiger partial charge >= 0.3 is 0 Å². The molecular weight excluding hydrogens is 302 g/mol. The fourth-order valence-corrected chi connectivity index (χ4v) is 2.70. The van der Waals surface area contributed by atoms with Crippen LogP contribution in [0.5, 0.6) is 0 Å². The molecule has 7 heteroatoms. The van der Waals surface area contributed by atoms with E-state index in [9.17, 15) is 13.2 Å². The van der Waals surface area contributed by atoms with Crippen molar-refractivity contribution in [1.29, 1.82) is 0 Å². The second-order valence-electron chi connectivity index (χ2n) is 4.89. The Labute approximate surface area is 127 Å². The molecule has 0 saturated heterocycles. The third-order valence-electron chi connectivity index (χ3n) is 3.22. The van der Waals surface area contributed by atoms with Crippen molar-refractivity contribution in [3.05, 3.63) is 54.4 Å². The van der Waals surface area contributed by atoms with Gasteiger partial charge in [0, 0.05) is 17.5 Å². The molecule has 0 aliphatic carbocycles. The van der Waals surface area contributed by atoms with Gasteiger partial charge in [0.05, 0.1) is 22.3 Å². The number of carbonyl (C=O) groups is 1. The minimum Gasteiger partial charge on any atom is -0.345 e. The van der Waals surface area contributed by atoms with E-state index < -0.39 is 9.84 Å². The SMILES string of the molecule is CS(=O)(=O)c1ccc(NC(=O)c2ccc3nc[nH]c3c2)cc1. The minimum absolute atomic E-state index is 0.212. The molecule has 0 aliphatic heterocycles. The average Bonchev–Trinajstić information content (AvgIpc) is 2.94. The number of amides is 1. The van der Waals surface area contributed by atoms with Gasteiger partial charge in [0.2, 0.25) is 0 Å². The Hall–Kier alpha value is -2.67. The van der Waals surface area contributed by atoms with Crippen LogP contribution in [0.25, 0.3) is 11.0 Å². The number of nitrogens with one attached hydrogen (secondary N) is 2. The van der Waals surface area contributed by atoms with Gasteiger partial charge in [0.25, 0.3) is 5.91 Å². The van der Waals surface area contributed by atoms with E-state index in [0.29, 0.717) is 11.3 Å². The van der Waals surface area contributed by atoms with Crippen molar-refractivity contribution in [1.82, 2.24) is 9.97 Å². The number of fused-ring (bicyclic) bond motifs is 1. The number of aromatic amines is 1. The number of benzene rings is 2. The molecule has 3 rings (SSSR count). The summed E-state index contributed by atoms with van der Waals surface area (Å²) in [6, 6.07) is 11.2. The van der Waals surface area contributed by atoms with Crippen molar-refractivity contribution in [2.45, 2.75) is 4.90 Å². The highest BCUT2D eigenvalue weighted by atomic mass is 32.2. The molecule has 0 atom stereocenters. The number of imidazole rings is 1. The maximum Gasteiger partial charge on any atom is 0.255 e. The molecule has 0 saturated carbocycles. The van der Waals surface area contributed by atoms with Gasteiger partial charge in [0.15, 0.2) is 9.84 Å². The average molecular weight is 315 g/mol. The highest BCUT2D eigenvalue weighted by molar-refractivity contribution is 7.90. The molecule has 0 aliphatic rings. The van der Waals surface area contributed by atoms with Crippen molar-refractivity contribution >= 4 is 32.5 Å². The van der Waals surface area contributed by atoms with Crippen LogP contribution in [0.15, 0.2) is 53.7 Å². The van der Waals surface area contributed by atoms with Gasteiger partial charge in [-0.25, -0.2) is 13.4 Å². The summed E-state index contributed by atoms with van der Waals surface area (Å²) in [7, 11) is -3.24. The summed E-state index contributed by atoms with van der Waals surface area (Å²) in [5, 5.41) is 2.73. The van der Waals surface area contributed by atoms with Crippen LogP contribution in [-0.2, 0) is 9.84 Å². The van der Waals surface area contributed by atoms with Gasteiger partial charge in [-0.05, 0) is 42.5 Å². The molecule has 1 heterocycles. The minimum atomic E-state index is -3.24. The monoisotopic (exact) mass is 315 g/mol. The summed E-state index contributed by atoms with van der Waals surface area (Å²) in [6.45, 7) is 0. The predicted octanol–water partition coefficient (Wildman–Crippen LogP) is 2.22. The molecule has 0 bridgehead atoms. The first-order valence-corrected chi connectivity index (χ1v) is 8.37. The number of anilines is 1. The number of nitrogens with zero attached hydrogens (tertiary/aromatic N) is 1. The highest BCUT2D eigenvalue weighted by Gasteiger charge is 2.10. The van der Waals surface area contributed by atoms with E-state index in [1.165, 1.54) is 12.1 Å². The lowest BCUT2D eigenvalue weighted by molar-refractivity contribution is 0.102. The molecule has 0 unspecified atom stereocenters. The summed E-state index contributed by atoms with van der Waals surface area (Å²) < 4.78 is 22.8. The van der Waals surface area contributed by atoms with Crippen molar-refractivity contribution in [3.63, 3.8) is 0 Å². The van der Waals surface area contributed by atoms with Gasteiger partial charge < -0.3 is 10.3 Å². The Kier molecular flexibility index (Phi) is 3.42. The standard InChI is InChI=1S/C15H13N3O3S/c1-22(20,21)12-5-3-11(4-6-12)18-15(19)10-2-7-13-14(8-10)17-9-16-13/h2-9H,1H3,(H,16,17)(H,18,19). The molecule has 0 radical (unpaired) electrons. The second kappa shape index (κ2) is 5.27.